The van der Waals surface area contributed by atoms with E-state index in [1.807, 2.05) is 32.9 Å². The molecule has 2 aromatic rings. The minimum atomic E-state index is -4.01. The van der Waals surface area contributed by atoms with Crippen LogP contribution in [0.1, 0.15) is 30.9 Å². The van der Waals surface area contributed by atoms with Gasteiger partial charge in [-0.15, -0.1) is 0 Å². The van der Waals surface area contributed by atoms with E-state index in [1.54, 1.807) is 18.2 Å². The van der Waals surface area contributed by atoms with E-state index >= 15 is 0 Å². The molecule has 0 saturated heterocycles. The third kappa shape index (κ3) is 4.06. The number of hydrogen-bond acceptors (Lipinski definition) is 4. The van der Waals surface area contributed by atoms with Gasteiger partial charge in [-0.2, -0.15) is 8.42 Å². The molecule has 0 spiro atoms. The van der Waals surface area contributed by atoms with Gasteiger partial charge < -0.3 is 8.92 Å². The average molecular weight is 399 g/mol. The summed E-state index contributed by atoms with van der Waals surface area (Å²) in [6.45, 7) is 5.87. The van der Waals surface area contributed by atoms with Crippen LogP contribution >= 0.6 is 15.9 Å². The Kier molecular flexibility index (Phi) is 5.37. The highest BCUT2D eigenvalue weighted by Gasteiger charge is 2.24. The van der Waals surface area contributed by atoms with Crippen LogP contribution in [0, 0.1) is 6.92 Å². The molecule has 0 heterocycles. The van der Waals surface area contributed by atoms with Gasteiger partial charge in [0.2, 0.25) is 0 Å². The summed E-state index contributed by atoms with van der Waals surface area (Å²) in [5.41, 5.74) is 1.77. The van der Waals surface area contributed by atoms with Crippen LogP contribution in [-0.4, -0.2) is 15.5 Å². The van der Waals surface area contributed by atoms with Gasteiger partial charge in [-0.3, -0.25) is 0 Å². The molecule has 0 aromatic heterocycles. The summed E-state index contributed by atoms with van der Waals surface area (Å²) >= 11 is 3.28. The number of halogens is 1. The van der Waals surface area contributed by atoms with E-state index in [0.717, 1.165) is 11.1 Å². The predicted octanol–water partition coefficient (Wildman–Crippen LogP) is 4.66. The second-order valence-electron chi connectivity index (χ2n) is 5.53. The fourth-order valence-corrected chi connectivity index (χ4v) is 3.85. The Morgan fingerprint density at radius 3 is 2.35 bits per heavy atom. The minimum absolute atomic E-state index is 0.00872. The quantitative estimate of drug-likeness (QED) is 0.687. The van der Waals surface area contributed by atoms with Crippen LogP contribution in [0.2, 0.25) is 0 Å². The van der Waals surface area contributed by atoms with Crippen molar-refractivity contribution >= 4 is 26.0 Å². The summed E-state index contributed by atoms with van der Waals surface area (Å²) < 4.78 is 36.6. The minimum Gasteiger partial charge on any atom is -0.495 e. The van der Waals surface area contributed by atoms with Gasteiger partial charge in [0.1, 0.15) is 16.4 Å². The first-order chi connectivity index (χ1) is 10.7. The predicted molar refractivity (Wildman–Crippen MR) is 93.8 cm³/mol. The van der Waals surface area contributed by atoms with Crippen molar-refractivity contribution in [1.82, 2.24) is 0 Å². The number of aryl methyl sites for hydroxylation is 1. The zero-order chi connectivity index (χ0) is 17.2. The van der Waals surface area contributed by atoms with Gasteiger partial charge in [0.05, 0.1) is 7.11 Å². The Bertz CT molecular complexity index is 813. The highest BCUT2D eigenvalue weighted by atomic mass is 79.9. The van der Waals surface area contributed by atoms with Crippen molar-refractivity contribution in [3.8, 4) is 11.5 Å². The number of rotatable bonds is 5. The number of ether oxygens (including phenoxy) is 1. The molecule has 0 saturated carbocycles. The van der Waals surface area contributed by atoms with Crippen molar-refractivity contribution < 1.29 is 17.3 Å². The molecule has 0 amide bonds. The zero-order valence-corrected chi connectivity index (χ0v) is 15.9. The van der Waals surface area contributed by atoms with Crippen LogP contribution in [0.4, 0.5) is 0 Å². The van der Waals surface area contributed by atoms with Crippen molar-refractivity contribution in [3.63, 3.8) is 0 Å². The lowest BCUT2D eigenvalue weighted by Gasteiger charge is -2.16. The molecule has 0 aliphatic heterocycles. The molecule has 0 aliphatic carbocycles. The van der Waals surface area contributed by atoms with Crippen LogP contribution in [0.15, 0.2) is 45.8 Å². The van der Waals surface area contributed by atoms with Crippen molar-refractivity contribution in [2.75, 3.05) is 7.11 Å². The van der Waals surface area contributed by atoms with E-state index in [0.29, 0.717) is 10.2 Å². The third-order valence-electron chi connectivity index (χ3n) is 3.39. The smallest absolute Gasteiger partial charge is 0.342 e. The van der Waals surface area contributed by atoms with E-state index in [9.17, 15) is 8.42 Å². The maximum Gasteiger partial charge on any atom is 0.342 e. The molecular formula is C17H19BrO4S. The van der Waals surface area contributed by atoms with Gasteiger partial charge in [0.25, 0.3) is 0 Å². The topological polar surface area (TPSA) is 52.6 Å². The van der Waals surface area contributed by atoms with Crippen LogP contribution in [0.3, 0.4) is 0 Å². The van der Waals surface area contributed by atoms with E-state index in [-0.39, 0.29) is 16.6 Å². The van der Waals surface area contributed by atoms with Crippen molar-refractivity contribution in [2.24, 2.45) is 0 Å². The molecular weight excluding hydrogens is 380 g/mol. The highest BCUT2D eigenvalue weighted by Crippen LogP contribution is 2.33. The van der Waals surface area contributed by atoms with Gasteiger partial charge in [-0.05, 0) is 48.2 Å². The lowest BCUT2D eigenvalue weighted by molar-refractivity contribution is 0.397. The summed E-state index contributed by atoms with van der Waals surface area (Å²) in [6, 6.07) is 10.3. The first-order valence-electron chi connectivity index (χ1n) is 7.13. The largest absolute Gasteiger partial charge is 0.495 e. The Labute approximate surface area is 145 Å². The lowest BCUT2D eigenvalue weighted by atomic mass is 10.0. The number of methoxy groups -OCH3 is 1. The van der Waals surface area contributed by atoms with Gasteiger partial charge >= 0.3 is 10.1 Å². The summed E-state index contributed by atoms with van der Waals surface area (Å²) in [7, 11) is -2.58. The second kappa shape index (κ2) is 6.93. The van der Waals surface area contributed by atoms with Gasteiger partial charge in [0.15, 0.2) is 0 Å². The lowest BCUT2D eigenvalue weighted by Crippen LogP contribution is -2.13. The van der Waals surface area contributed by atoms with Crippen molar-refractivity contribution in [2.45, 2.75) is 31.6 Å². The molecule has 0 N–H and O–H groups in total. The first kappa shape index (κ1) is 17.8. The molecule has 0 bridgehead atoms. The van der Waals surface area contributed by atoms with E-state index in [2.05, 4.69) is 15.9 Å². The van der Waals surface area contributed by atoms with E-state index < -0.39 is 10.1 Å². The van der Waals surface area contributed by atoms with Gasteiger partial charge in [-0.25, -0.2) is 0 Å². The molecule has 23 heavy (non-hydrogen) atoms. The summed E-state index contributed by atoms with van der Waals surface area (Å²) in [6.07, 6.45) is 0. The van der Waals surface area contributed by atoms with Crippen LogP contribution < -0.4 is 8.92 Å². The fourth-order valence-electron chi connectivity index (χ4n) is 2.20. The van der Waals surface area contributed by atoms with E-state index in [4.69, 9.17) is 8.92 Å². The fraction of sp³-hybridized carbons (Fsp3) is 0.294. The van der Waals surface area contributed by atoms with Gasteiger partial charge in [-0.1, -0.05) is 41.9 Å². The highest BCUT2D eigenvalue weighted by molar-refractivity contribution is 9.10. The molecule has 6 heteroatoms. The summed E-state index contributed by atoms with van der Waals surface area (Å²) in [5, 5.41) is 0. The molecule has 124 valence electrons. The molecule has 4 nitrogen and oxygen atoms in total. The zero-order valence-electron chi connectivity index (χ0n) is 13.5. The normalized spacial score (nSPS) is 11.6. The summed E-state index contributed by atoms with van der Waals surface area (Å²) in [4.78, 5) is -0.00872. The second-order valence-corrected chi connectivity index (χ2v) is 7.96. The molecule has 0 unspecified atom stereocenters. The van der Waals surface area contributed by atoms with Crippen molar-refractivity contribution in [1.29, 1.82) is 0 Å². The van der Waals surface area contributed by atoms with Crippen molar-refractivity contribution in [3.05, 3.63) is 52.0 Å². The number of hydrogen-bond donors (Lipinski definition) is 0. The van der Waals surface area contributed by atoms with E-state index in [1.165, 1.54) is 13.2 Å². The maximum atomic E-state index is 12.7. The molecule has 2 aromatic carbocycles. The number of benzene rings is 2. The Morgan fingerprint density at radius 1 is 1.04 bits per heavy atom. The van der Waals surface area contributed by atoms with Gasteiger partial charge in [0, 0.05) is 4.47 Å². The third-order valence-corrected chi connectivity index (χ3v) is 5.14. The molecule has 0 radical (unpaired) electrons. The Hall–Kier alpha value is -1.53. The maximum absolute atomic E-state index is 12.7. The summed E-state index contributed by atoms with van der Waals surface area (Å²) in [5.74, 6) is 0.735. The van der Waals surface area contributed by atoms with Crippen LogP contribution in [0.25, 0.3) is 0 Å². The monoisotopic (exact) mass is 398 g/mol. The Balaban J connectivity index is 2.51. The molecule has 2 rings (SSSR count). The first-order valence-corrected chi connectivity index (χ1v) is 9.33. The molecule has 0 atom stereocenters. The van der Waals surface area contributed by atoms with Crippen LogP contribution in [-0.2, 0) is 10.1 Å². The Morgan fingerprint density at radius 2 is 1.74 bits per heavy atom. The SMILES string of the molecule is COc1ccc(Br)cc1S(=O)(=O)Oc1cc(C)ccc1C(C)C. The standard InChI is InChI=1S/C17H19BrO4S/c1-11(2)14-7-5-12(3)9-16(14)22-23(19,20)17-10-13(18)6-8-15(17)21-4/h5-11H,1-4H3. The molecule has 0 fully saturated rings. The molecule has 0 aliphatic rings. The average Bonchev–Trinajstić information content (AvgIpc) is 2.46. The van der Waals surface area contributed by atoms with Crippen LogP contribution in [0.5, 0.6) is 11.5 Å².